The third kappa shape index (κ3) is 4.52. The first-order valence-electron chi connectivity index (χ1n) is 8.64. The maximum atomic E-state index is 12.8. The molecule has 12 heteroatoms. The molecule has 0 N–H and O–H groups in total. The number of nitro groups is 1. The van der Waals surface area contributed by atoms with Gasteiger partial charge in [0.25, 0.3) is 11.6 Å². The lowest BCUT2D eigenvalue weighted by atomic mass is 10.2. The van der Waals surface area contributed by atoms with Crippen molar-refractivity contribution in [3.8, 4) is 11.5 Å². The van der Waals surface area contributed by atoms with Crippen LogP contribution in [0.2, 0.25) is 5.02 Å². The highest BCUT2D eigenvalue weighted by Crippen LogP contribution is 2.33. The third-order valence-corrected chi connectivity index (χ3v) is 5.56. The standard InChI is InChI=1S/C19H16ClN3O7S/c1-28-14-7-13-16(8-15(14)29-2)31-19(22(13)9-17(24)30-3)21-18(25)11-6-10(20)4-5-12(11)23(26)27/h4-8H,9H2,1-3H3. The van der Waals surface area contributed by atoms with Crippen molar-refractivity contribution in [1.82, 2.24) is 4.57 Å². The Labute approximate surface area is 184 Å². The molecular weight excluding hydrogens is 450 g/mol. The zero-order chi connectivity index (χ0) is 22.7. The minimum absolute atomic E-state index is 0.134. The molecule has 0 aliphatic rings. The maximum absolute atomic E-state index is 12.8. The van der Waals surface area contributed by atoms with Crippen LogP contribution in [0.15, 0.2) is 35.3 Å². The van der Waals surface area contributed by atoms with E-state index in [2.05, 4.69) is 4.99 Å². The molecule has 0 unspecified atom stereocenters. The maximum Gasteiger partial charge on any atom is 0.325 e. The van der Waals surface area contributed by atoms with Crippen LogP contribution < -0.4 is 14.3 Å². The van der Waals surface area contributed by atoms with E-state index in [0.29, 0.717) is 21.7 Å². The number of rotatable bonds is 6. The van der Waals surface area contributed by atoms with Crippen LogP contribution in [0.4, 0.5) is 5.69 Å². The molecule has 0 saturated carbocycles. The monoisotopic (exact) mass is 465 g/mol. The summed E-state index contributed by atoms with van der Waals surface area (Å²) in [7, 11) is 4.18. The number of esters is 1. The van der Waals surface area contributed by atoms with Crippen LogP contribution >= 0.6 is 22.9 Å². The molecule has 0 saturated heterocycles. The number of benzene rings is 2. The van der Waals surface area contributed by atoms with Crippen molar-refractivity contribution in [2.24, 2.45) is 4.99 Å². The van der Waals surface area contributed by atoms with E-state index < -0.39 is 22.5 Å². The van der Waals surface area contributed by atoms with Gasteiger partial charge in [0.1, 0.15) is 12.1 Å². The van der Waals surface area contributed by atoms with E-state index in [-0.39, 0.29) is 21.9 Å². The van der Waals surface area contributed by atoms with Gasteiger partial charge in [-0.05, 0) is 12.1 Å². The number of hydrogen-bond acceptors (Lipinski definition) is 8. The van der Waals surface area contributed by atoms with Gasteiger partial charge < -0.3 is 18.8 Å². The number of thiazole rings is 1. The van der Waals surface area contributed by atoms with Crippen LogP contribution in [0.5, 0.6) is 11.5 Å². The molecule has 162 valence electrons. The van der Waals surface area contributed by atoms with Crippen LogP contribution in [-0.2, 0) is 16.1 Å². The van der Waals surface area contributed by atoms with Gasteiger partial charge in [-0.1, -0.05) is 22.9 Å². The van der Waals surface area contributed by atoms with Crippen LogP contribution in [-0.4, -0.2) is 42.7 Å². The van der Waals surface area contributed by atoms with Gasteiger partial charge in [-0.3, -0.25) is 19.7 Å². The molecule has 31 heavy (non-hydrogen) atoms. The highest BCUT2D eigenvalue weighted by molar-refractivity contribution is 7.16. The van der Waals surface area contributed by atoms with E-state index in [1.807, 2.05) is 0 Å². The summed E-state index contributed by atoms with van der Waals surface area (Å²) in [5.74, 6) is -0.588. The number of amides is 1. The summed E-state index contributed by atoms with van der Waals surface area (Å²) in [4.78, 5) is 39.6. The molecule has 1 heterocycles. The summed E-state index contributed by atoms with van der Waals surface area (Å²) in [5.41, 5.74) is -0.156. The summed E-state index contributed by atoms with van der Waals surface area (Å²) in [5, 5.41) is 11.5. The normalized spacial score (nSPS) is 11.4. The zero-order valence-electron chi connectivity index (χ0n) is 16.6. The Morgan fingerprint density at radius 2 is 1.84 bits per heavy atom. The van der Waals surface area contributed by atoms with Crippen LogP contribution in [0.3, 0.4) is 0 Å². The van der Waals surface area contributed by atoms with E-state index in [0.717, 1.165) is 17.4 Å². The summed E-state index contributed by atoms with van der Waals surface area (Å²) in [6.07, 6.45) is 0. The highest BCUT2D eigenvalue weighted by Gasteiger charge is 2.21. The first-order valence-corrected chi connectivity index (χ1v) is 9.83. The van der Waals surface area contributed by atoms with Crippen molar-refractivity contribution in [2.75, 3.05) is 21.3 Å². The van der Waals surface area contributed by atoms with E-state index in [4.69, 9.17) is 25.8 Å². The van der Waals surface area contributed by atoms with Crippen LogP contribution in [0.25, 0.3) is 10.2 Å². The Bertz CT molecular complexity index is 1270. The second kappa shape index (κ2) is 9.14. The minimum Gasteiger partial charge on any atom is -0.493 e. The van der Waals surface area contributed by atoms with Crippen LogP contribution in [0, 0.1) is 10.1 Å². The molecule has 0 radical (unpaired) electrons. The van der Waals surface area contributed by atoms with E-state index in [1.54, 1.807) is 12.1 Å². The molecule has 1 amide bonds. The number of fused-ring (bicyclic) bond motifs is 1. The number of methoxy groups -OCH3 is 3. The number of carbonyl (C=O) groups is 2. The quantitative estimate of drug-likeness (QED) is 0.311. The van der Waals surface area contributed by atoms with Crippen molar-refractivity contribution in [1.29, 1.82) is 0 Å². The molecule has 2 aromatic carbocycles. The fourth-order valence-corrected chi connectivity index (χ4v) is 4.02. The first kappa shape index (κ1) is 22.2. The SMILES string of the molecule is COC(=O)Cn1c(=NC(=O)c2cc(Cl)ccc2[N+](=O)[O-])sc2cc(OC)c(OC)cc21. The van der Waals surface area contributed by atoms with E-state index >= 15 is 0 Å². The molecule has 0 aliphatic carbocycles. The van der Waals surface area contributed by atoms with Gasteiger partial charge in [0.05, 0.1) is 36.5 Å². The number of halogens is 1. The van der Waals surface area contributed by atoms with Crippen molar-refractivity contribution in [3.05, 3.63) is 55.8 Å². The number of nitrogens with zero attached hydrogens (tertiary/aromatic N) is 3. The average molecular weight is 466 g/mol. The topological polar surface area (TPSA) is 122 Å². The fraction of sp³-hybridized carbons (Fsp3) is 0.211. The van der Waals surface area contributed by atoms with Crippen LogP contribution in [0.1, 0.15) is 10.4 Å². The predicted molar refractivity (Wildman–Crippen MR) is 113 cm³/mol. The Morgan fingerprint density at radius 1 is 1.16 bits per heavy atom. The third-order valence-electron chi connectivity index (χ3n) is 4.29. The Kier molecular flexibility index (Phi) is 6.56. The summed E-state index contributed by atoms with van der Waals surface area (Å²) < 4.78 is 17.5. The van der Waals surface area contributed by atoms with Gasteiger partial charge in [0, 0.05) is 23.2 Å². The molecule has 3 aromatic rings. The lowest BCUT2D eigenvalue weighted by Gasteiger charge is -2.09. The molecule has 0 atom stereocenters. The number of hydrogen-bond donors (Lipinski definition) is 0. The van der Waals surface area contributed by atoms with Crippen molar-refractivity contribution in [2.45, 2.75) is 6.54 Å². The predicted octanol–water partition coefficient (Wildman–Crippen LogP) is 3.20. The lowest BCUT2D eigenvalue weighted by molar-refractivity contribution is -0.385. The van der Waals surface area contributed by atoms with E-state index in [9.17, 15) is 19.7 Å². The largest absolute Gasteiger partial charge is 0.493 e. The Hall–Kier alpha value is -3.44. The second-order valence-electron chi connectivity index (χ2n) is 6.06. The van der Waals surface area contributed by atoms with Gasteiger partial charge in [-0.25, -0.2) is 0 Å². The minimum atomic E-state index is -0.877. The average Bonchev–Trinajstić information content (AvgIpc) is 3.07. The van der Waals surface area contributed by atoms with Gasteiger partial charge in [-0.2, -0.15) is 4.99 Å². The molecule has 3 rings (SSSR count). The molecule has 10 nitrogen and oxygen atoms in total. The zero-order valence-corrected chi connectivity index (χ0v) is 18.2. The van der Waals surface area contributed by atoms with Crippen molar-refractivity contribution < 1.29 is 28.7 Å². The number of ether oxygens (including phenoxy) is 3. The molecule has 1 aromatic heterocycles. The van der Waals surface area contributed by atoms with Gasteiger partial charge in [0.15, 0.2) is 16.3 Å². The lowest BCUT2D eigenvalue weighted by Crippen LogP contribution is -2.22. The number of nitro benzene ring substituents is 1. The summed E-state index contributed by atoms with van der Waals surface area (Å²) in [6.45, 7) is -0.240. The first-order chi connectivity index (χ1) is 14.8. The fourth-order valence-electron chi connectivity index (χ4n) is 2.81. The van der Waals surface area contributed by atoms with Gasteiger partial charge in [-0.15, -0.1) is 0 Å². The Balaban J connectivity index is 2.25. The molecule has 0 spiro atoms. The van der Waals surface area contributed by atoms with Crippen molar-refractivity contribution in [3.63, 3.8) is 0 Å². The van der Waals surface area contributed by atoms with E-state index in [1.165, 1.54) is 38.0 Å². The molecule has 0 fully saturated rings. The summed E-state index contributed by atoms with van der Waals surface area (Å²) >= 11 is 7.01. The van der Waals surface area contributed by atoms with Gasteiger partial charge in [0.2, 0.25) is 0 Å². The summed E-state index contributed by atoms with van der Waals surface area (Å²) in [6, 6.07) is 6.94. The highest BCUT2D eigenvalue weighted by atomic mass is 35.5. The second-order valence-corrected chi connectivity index (χ2v) is 7.50. The smallest absolute Gasteiger partial charge is 0.325 e. The molecule has 0 bridgehead atoms. The number of carbonyl (C=O) groups excluding carboxylic acids is 2. The van der Waals surface area contributed by atoms with Gasteiger partial charge >= 0.3 is 5.97 Å². The molecule has 0 aliphatic heterocycles. The Morgan fingerprint density at radius 3 is 2.45 bits per heavy atom. The van der Waals surface area contributed by atoms with Crippen molar-refractivity contribution >= 4 is 50.7 Å². The molecular formula is C19H16ClN3O7S. The number of aromatic nitrogens is 1.